The summed E-state index contributed by atoms with van der Waals surface area (Å²) in [5, 5.41) is 2.89. The Hall–Kier alpha value is -2.82. The molecule has 0 spiro atoms. The quantitative estimate of drug-likeness (QED) is 0.802. The van der Waals surface area contributed by atoms with E-state index >= 15 is 0 Å². The van der Waals surface area contributed by atoms with E-state index in [0.29, 0.717) is 5.56 Å². The van der Waals surface area contributed by atoms with Gasteiger partial charge in [0, 0.05) is 44.1 Å². The molecule has 5 nitrogen and oxygen atoms in total. The van der Waals surface area contributed by atoms with Crippen molar-refractivity contribution in [1.82, 2.24) is 9.38 Å². The summed E-state index contributed by atoms with van der Waals surface area (Å²) < 4.78 is 1.82. The van der Waals surface area contributed by atoms with Crippen molar-refractivity contribution in [3.05, 3.63) is 60.6 Å². The number of hydrogen-bond donors (Lipinski definition) is 1. The maximum Gasteiger partial charge on any atom is 0.257 e. The van der Waals surface area contributed by atoms with Gasteiger partial charge in [-0.2, -0.15) is 0 Å². The van der Waals surface area contributed by atoms with Gasteiger partial charge in [-0.25, -0.2) is 4.98 Å². The van der Waals surface area contributed by atoms with Crippen molar-refractivity contribution < 1.29 is 4.79 Å². The van der Waals surface area contributed by atoms with E-state index in [-0.39, 0.29) is 5.91 Å². The van der Waals surface area contributed by atoms with Crippen LogP contribution in [0.5, 0.6) is 0 Å². The zero-order chi connectivity index (χ0) is 14.8. The number of hydrogen-bond acceptors (Lipinski definition) is 3. The van der Waals surface area contributed by atoms with Gasteiger partial charge >= 0.3 is 0 Å². The van der Waals surface area contributed by atoms with Crippen LogP contribution in [0.4, 0.5) is 11.4 Å². The predicted octanol–water partition coefficient (Wildman–Crippen LogP) is 2.65. The Morgan fingerprint density at radius 3 is 2.62 bits per heavy atom. The normalized spacial score (nSPS) is 10.6. The molecule has 0 aliphatic heterocycles. The number of carbonyl (C=O) groups is 1. The molecule has 0 atom stereocenters. The molecule has 0 unspecified atom stereocenters. The lowest BCUT2D eigenvalue weighted by molar-refractivity contribution is 0.102. The summed E-state index contributed by atoms with van der Waals surface area (Å²) in [7, 11) is 3.96. The predicted molar refractivity (Wildman–Crippen MR) is 83.9 cm³/mol. The summed E-state index contributed by atoms with van der Waals surface area (Å²) >= 11 is 0. The van der Waals surface area contributed by atoms with Gasteiger partial charge in [-0.3, -0.25) is 4.79 Å². The zero-order valence-corrected chi connectivity index (χ0v) is 11.9. The van der Waals surface area contributed by atoms with Crippen molar-refractivity contribution in [2.24, 2.45) is 0 Å². The van der Waals surface area contributed by atoms with Crippen LogP contribution >= 0.6 is 0 Å². The second-order valence-electron chi connectivity index (χ2n) is 5.01. The highest BCUT2D eigenvalue weighted by molar-refractivity contribution is 6.04. The zero-order valence-electron chi connectivity index (χ0n) is 11.9. The summed E-state index contributed by atoms with van der Waals surface area (Å²) in [5.74, 6) is -0.136. The molecule has 21 heavy (non-hydrogen) atoms. The lowest BCUT2D eigenvalue weighted by atomic mass is 10.2. The molecule has 2 aromatic heterocycles. The average molecular weight is 280 g/mol. The van der Waals surface area contributed by atoms with Crippen molar-refractivity contribution in [2.45, 2.75) is 0 Å². The molecule has 0 bridgehead atoms. The third-order valence-corrected chi connectivity index (χ3v) is 3.29. The molecule has 3 rings (SSSR count). The number of fused-ring (bicyclic) bond motifs is 1. The molecule has 5 heteroatoms. The molecule has 0 fully saturated rings. The Bertz CT molecular complexity index is 774. The molecule has 0 saturated heterocycles. The smallest absolute Gasteiger partial charge is 0.257 e. The third-order valence-electron chi connectivity index (χ3n) is 3.29. The number of anilines is 2. The third kappa shape index (κ3) is 2.72. The summed E-state index contributed by atoms with van der Waals surface area (Å²) in [4.78, 5) is 18.4. The SMILES string of the molecule is CN(C)c1ccc(NC(=O)c2ccc3nccn3c2)cc1. The van der Waals surface area contributed by atoms with Gasteiger partial charge < -0.3 is 14.6 Å². The second-order valence-corrected chi connectivity index (χ2v) is 5.01. The van der Waals surface area contributed by atoms with Crippen LogP contribution in [0.3, 0.4) is 0 Å². The molecular formula is C16H16N4O. The molecule has 0 radical (unpaired) electrons. The van der Waals surface area contributed by atoms with Crippen LogP contribution in [0.1, 0.15) is 10.4 Å². The van der Waals surface area contributed by atoms with Crippen LogP contribution in [0.15, 0.2) is 55.0 Å². The maximum atomic E-state index is 12.2. The van der Waals surface area contributed by atoms with Crippen LogP contribution in [0.2, 0.25) is 0 Å². The van der Waals surface area contributed by atoms with Crippen molar-refractivity contribution in [3.8, 4) is 0 Å². The van der Waals surface area contributed by atoms with E-state index in [1.165, 1.54) is 0 Å². The highest BCUT2D eigenvalue weighted by Gasteiger charge is 2.07. The van der Waals surface area contributed by atoms with Gasteiger partial charge in [0.1, 0.15) is 5.65 Å². The van der Waals surface area contributed by atoms with E-state index in [1.54, 1.807) is 18.5 Å². The largest absolute Gasteiger partial charge is 0.378 e. The van der Waals surface area contributed by atoms with E-state index in [2.05, 4.69) is 10.3 Å². The lowest BCUT2D eigenvalue weighted by Crippen LogP contribution is -2.13. The molecule has 1 N–H and O–H groups in total. The van der Waals surface area contributed by atoms with Gasteiger partial charge in [0.25, 0.3) is 5.91 Å². The van der Waals surface area contributed by atoms with E-state index in [4.69, 9.17) is 0 Å². The second kappa shape index (κ2) is 5.28. The highest BCUT2D eigenvalue weighted by Crippen LogP contribution is 2.16. The number of imidazole rings is 1. The topological polar surface area (TPSA) is 49.6 Å². The van der Waals surface area contributed by atoms with Gasteiger partial charge in [0.15, 0.2) is 0 Å². The fourth-order valence-electron chi connectivity index (χ4n) is 2.10. The van der Waals surface area contributed by atoms with Crippen LogP contribution in [-0.2, 0) is 0 Å². The molecule has 106 valence electrons. The number of carbonyl (C=O) groups excluding carboxylic acids is 1. The molecular weight excluding hydrogens is 264 g/mol. The molecule has 2 heterocycles. The first-order chi connectivity index (χ1) is 10.1. The lowest BCUT2D eigenvalue weighted by Gasteiger charge is -2.13. The monoisotopic (exact) mass is 280 g/mol. The van der Waals surface area contributed by atoms with Crippen molar-refractivity contribution >= 4 is 22.9 Å². The van der Waals surface area contributed by atoms with E-state index in [1.807, 2.05) is 59.9 Å². The van der Waals surface area contributed by atoms with Gasteiger partial charge in [0.2, 0.25) is 0 Å². The summed E-state index contributed by atoms with van der Waals surface area (Å²) in [6, 6.07) is 11.3. The van der Waals surface area contributed by atoms with Crippen LogP contribution in [0.25, 0.3) is 5.65 Å². The first-order valence-electron chi connectivity index (χ1n) is 6.65. The Morgan fingerprint density at radius 1 is 1.14 bits per heavy atom. The van der Waals surface area contributed by atoms with E-state index in [0.717, 1.165) is 17.0 Å². The summed E-state index contributed by atoms with van der Waals surface area (Å²) in [5.41, 5.74) is 3.28. The number of nitrogens with one attached hydrogen (secondary N) is 1. The molecule has 0 aliphatic carbocycles. The molecule has 1 aromatic carbocycles. The van der Waals surface area contributed by atoms with Crippen molar-refractivity contribution in [1.29, 1.82) is 0 Å². The fraction of sp³-hybridized carbons (Fsp3) is 0.125. The number of amides is 1. The Balaban J connectivity index is 1.78. The van der Waals surface area contributed by atoms with Gasteiger partial charge in [-0.05, 0) is 36.4 Å². The Morgan fingerprint density at radius 2 is 1.90 bits per heavy atom. The minimum atomic E-state index is -0.136. The number of rotatable bonds is 3. The molecule has 3 aromatic rings. The fourth-order valence-corrected chi connectivity index (χ4v) is 2.10. The van der Waals surface area contributed by atoms with Crippen LogP contribution in [0, 0.1) is 0 Å². The number of aromatic nitrogens is 2. The van der Waals surface area contributed by atoms with Gasteiger partial charge in [0.05, 0.1) is 5.56 Å². The minimum absolute atomic E-state index is 0.136. The molecule has 0 aliphatic rings. The maximum absolute atomic E-state index is 12.2. The minimum Gasteiger partial charge on any atom is -0.378 e. The van der Waals surface area contributed by atoms with Crippen molar-refractivity contribution in [3.63, 3.8) is 0 Å². The van der Waals surface area contributed by atoms with Gasteiger partial charge in [-0.1, -0.05) is 0 Å². The summed E-state index contributed by atoms with van der Waals surface area (Å²) in [6.45, 7) is 0. The number of pyridine rings is 1. The average Bonchev–Trinajstić information content (AvgIpc) is 2.95. The van der Waals surface area contributed by atoms with E-state index < -0.39 is 0 Å². The Labute approximate surface area is 122 Å². The van der Waals surface area contributed by atoms with Crippen molar-refractivity contribution in [2.75, 3.05) is 24.3 Å². The van der Waals surface area contributed by atoms with Gasteiger partial charge in [-0.15, -0.1) is 0 Å². The number of nitrogens with zero attached hydrogens (tertiary/aromatic N) is 3. The first-order valence-corrected chi connectivity index (χ1v) is 6.65. The first kappa shape index (κ1) is 13.2. The van der Waals surface area contributed by atoms with Crippen LogP contribution in [-0.4, -0.2) is 29.4 Å². The van der Waals surface area contributed by atoms with Crippen LogP contribution < -0.4 is 10.2 Å². The number of benzene rings is 1. The molecule has 1 amide bonds. The summed E-state index contributed by atoms with van der Waals surface area (Å²) in [6.07, 6.45) is 5.29. The highest BCUT2D eigenvalue weighted by atomic mass is 16.1. The Kier molecular flexibility index (Phi) is 3.31. The van der Waals surface area contributed by atoms with E-state index in [9.17, 15) is 4.79 Å². The molecule has 0 saturated carbocycles. The standard InChI is InChI=1S/C16H16N4O/c1-19(2)14-6-4-13(5-7-14)18-16(21)12-3-8-15-17-9-10-20(15)11-12/h3-11H,1-2H3,(H,18,21).